The van der Waals surface area contributed by atoms with E-state index in [0.717, 1.165) is 29.7 Å². The molecule has 1 aliphatic carbocycles. The molecule has 0 radical (unpaired) electrons. The lowest BCUT2D eigenvalue weighted by Crippen LogP contribution is -2.40. The van der Waals surface area contributed by atoms with Crippen LogP contribution in [0.4, 0.5) is 10.7 Å². The number of methoxy groups -OCH3 is 1. The fourth-order valence-corrected chi connectivity index (χ4v) is 6.72. The van der Waals surface area contributed by atoms with Gasteiger partial charge in [-0.1, -0.05) is 0 Å². The number of aryl methyl sites for hydroxylation is 1. The number of fused-ring (bicyclic) bond motifs is 1. The van der Waals surface area contributed by atoms with Crippen molar-refractivity contribution in [1.29, 1.82) is 5.26 Å². The Morgan fingerprint density at radius 3 is 2.81 bits per heavy atom. The predicted molar refractivity (Wildman–Crippen MR) is 121 cm³/mol. The van der Waals surface area contributed by atoms with Crippen molar-refractivity contribution in [3.8, 4) is 11.8 Å². The highest BCUT2D eigenvalue weighted by Gasteiger charge is 2.29. The largest absolute Gasteiger partial charge is 0.495 e. The SMILES string of the molecule is COc1ccc(NCC(=O)Nc2sc3c(c2C#N)CCC3)cc1S(=O)(=O)N1CCOCC1. The quantitative estimate of drug-likeness (QED) is 0.628. The number of rotatable bonds is 7. The number of hydrogen-bond acceptors (Lipinski definition) is 8. The fraction of sp³-hybridized carbons (Fsp3) is 0.429. The summed E-state index contributed by atoms with van der Waals surface area (Å²) in [6.45, 7) is 1.17. The number of amides is 1. The smallest absolute Gasteiger partial charge is 0.246 e. The summed E-state index contributed by atoms with van der Waals surface area (Å²) in [6, 6.07) is 6.89. The Labute approximate surface area is 191 Å². The molecule has 170 valence electrons. The number of nitrogens with zero attached hydrogens (tertiary/aromatic N) is 2. The second-order valence-corrected chi connectivity index (χ2v) is 10.5. The van der Waals surface area contributed by atoms with Gasteiger partial charge in [-0.05, 0) is 43.0 Å². The maximum Gasteiger partial charge on any atom is 0.246 e. The molecular formula is C21H24N4O5S2. The van der Waals surface area contributed by atoms with Gasteiger partial charge >= 0.3 is 0 Å². The average molecular weight is 477 g/mol. The number of carbonyl (C=O) groups excluding carboxylic acids is 1. The molecular weight excluding hydrogens is 452 g/mol. The number of carbonyl (C=O) groups is 1. The molecule has 9 nitrogen and oxygen atoms in total. The van der Waals surface area contributed by atoms with E-state index in [-0.39, 0.29) is 36.2 Å². The molecule has 0 saturated carbocycles. The Morgan fingerprint density at radius 1 is 1.31 bits per heavy atom. The van der Waals surface area contributed by atoms with E-state index in [0.29, 0.717) is 29.5 Å². The van der Waals surface area contributed by atoms with Crippen LogP contribution in [0.25, 0.3) is 0 Å². The molecule has 11 heteroatoms. The van der Waals surface area contributed by atoms with Gasteiger partial charge in [0.05, 0.1) is 32.4 Å². The van der Waals surface area contributed by atoms with Gasteiger partial charge in [-0.15, -0.1) is 11.3 Å². The predicted octanol–water partition coefficient (Wildman–Crippen LogP) is 2.19. The number of anilines is 2. The number of benzene rings is 1. The molecule has 1 saturated heterocycles. The molecule has 32 heavy (non-hydrogen) atoms. The Morgan fingerprint density at radius 2 is 2.09 bits per heavy atom. The maximum atomic E-state index is 13.1. The third-order valence-corrected chi connectivity index (χ3v) is 8.62. The zero-order valence-corrected chi connectivity index (χ0v) is 19.3. The zero-order valence-electron chi connectivity index (χ0n) is 17.6. The molecule has 1 aliphatic heterocycles. The lowest BCUT2D eigenvalue weighted by Gasteiger charge is -2.26. The second-order valence-electron chi connectivity index (χ2n) is 7.46. The number of morpholine rings is 1. The Kier molecular flexibility index (Phi) is 6.66. The third kappa shape index (κ3) is 4.45. The van der Waals surface area contributed by atoms with Gasteiger partial charge in [-0.3, -0.25) is 4.79 Å². The van der Waals surface area contributed by atoms with Gasteiger partial charge in [0, 0.05) is 23.7 Å². The van der Waals surface area contributed by atoms with Gasteiger partial charge in [0.25, 0.3) is 0 Å². The van der Waals surface area contributed by atoms with Gasteiger partial charge < -0.3 is 20.1 Å². The first-order valence-electron chi connectivity index (χ1n) is 10.3. The number of nitrogens with one attached hydrogen (secondary N) is 2. The maximum absolute atomic E-state index is 13.1. The van der Waals surface area contributed by atoms with Crippen molar-refractivity contribution in [3.63, 3.8) is 0 Å². The first kappa shape index (κ1) is 22.5. The van der Waals surface area contributed by atoms with Crippen molar-refractivity contribution in [2.75, 3.05) is 50.6 Å². The molecule has 1 amide bonds. The minimum atomic E-state index is -3.77. The van der Waals surface area contributed by atoms with E-state index < -0.39 is 10.0 Å². The van der Waals surface area contributed by atoms with Gasteiger partial charge in [-0.25, -0.2) is 8.42 Å². The third-order valence-electron chi connectivity index (χ3n) is 5.49. The van der Waals surface area contributed by atoms with Crippen LogP contribution in [0, 0.1) is 11.3 Å². The van der Waals surface area contributed by atoms with Crippen molar-refractivity contribution < 1.29 is 22.7 Å². The van der Waals surface area contributed by atoms with Crippen LogP contribution in [0.5, 0.6) is 5.75 Å². The summed E-state index contributed by atoms with van der Waals surface area (Å²) in [6.07, 6.45) is 2.85. The normalized spacial score (nSPS) is 16.2. The van der Waals surface area contributed by atoms with Crippen molar-refractivity contribution in [1.82, 2.24) is 4.31 Å². The van der Waals surface area contributed by atoms with Crippen molar-refractivity contribution >= 4 is 38.0 Å². The molecule has 4 rings (SSSR count). The minimum Gasteiger partial charge on any atom is -0.495 e. The van der Waals surface area contributed by atoms with E-state index in [1.165, 1.54) is 28.8 Å². The minimum absolute atomic E-state index is 0.0359. The Hall–Kier alpha value is -2.65. The van der Waals surface area contributed by atoms with Gasteiger partial charge in [0.2, 0.25) is 15.9 Å². The number of sulfonamides is 1. The monoisotopic (exact) mass is 476 g/mol. The highest BCUT2D eigenvalue weighted by atomic mass is 32.2. The van der Waals surface area contributed by atoms with E-state index in [1.54, 1.807) is 12.1 Å². The molecule has 0 atom stereocenters. The lowest BCUT2D eigenvalue weighted by molar-refractivity contribution is -0.114. The van der Waals surface area contributed by atoms with Crippen LogP contribution in [0.3, 0.4) is 0 Å². The topological polar surface area (TPSA) is 121 Å². The molecule has 2 aromatic rings. The van der Waals surface area contributed by atoms with Crippen molar-refractivity contribution in [2.45, 2.75) is 24.2 Å². The first-order chi connectivity index (χ1) is 15.4. The summed E-state index contributed by atoms with van der Waals surface area (Å²) in [5.74, 6) is -0.0758. The standard InChI is InChI=1S/C21H24N4O5S2/c1-29-17-6-5-14(11-19(17)32(27,28)25-7-9-30-10-8-25)23-13-20(26)24-21-16(12-22)15-3-2-4-18(15)31-21/h5-6,11,23H,2-4,7-10,13H2,1H3,(H,24,26). The van der Waals surface area contributed by atoms with Crippen LogP contribution in [0.15, 0.2) is 23.1 Å². The van der Waals surface area contributed by atoms with Crippen molar-refractivity contribution in [2.24, 2.45) is 0 Å². The van der Waals surface area contributed by atoms with Gasteiger partial charge in [-0.2, -0.15) is 9.57 Å². The molecule has 0 bridgehead atoms. The number of ether oxygens (including phenoxy) is 2. The first-order valence-corrected chi connectivity index (χ1v) is 12.5. The molecule has 2 N–H and O–H groups in total. The summed E-state index contributed by atoms with van der Waals surface area (Å²) in [5, 5.41) is 15.8. The second kappa shape index (κ2) is 9.46. The molecule has 0 unspecified atom stereocenters. The molecule has 0 spiro atoms. The summed E-state index contributed by atoms with van der Waals surface area (Å²) < 4.78 is 38.1. The van der Waals surface area contributed by atoms with E-state index in [2.05, 4.69) is 16.7 Å². The fourth-order valence-electron chi connectivity index (χ4n) is 3.88. The number of nitriles is 1. The van der Waals surface area contributed by atoms with Crippen LogP contribution in [0.1, 0.15) is 22.4 Å². The van der Waals surface area contributed by atoms with Crippen LogP contribution >= 0.6 is 11.3 Å². The molecule has 1 fully saturated rings. The van der Waals surface area contributed by atoms with Crippen LogP contribution in [0.2, 0.25) is 0 Å². The molecule has 1 aromatic carbocycles. The van der Waals surface area contributed by atoms with Crippen molar-refractivity contribution in [3.05, 3.63) is 34.2 Å². The Bertz CT molecular complexity index is 1160. The molecule has 2 heterocycles. The number of thiophene rings is 1. The molecule has 2 aliphatic rings. The summed E-state index contributed by atoms with van der Waals surface area (Å²) >= 11 is 1.46. The van der Waals surface area contributed by atoms with Gasteiger partial charge in [0.15, 0.2) is 0 Å². The van der Waals surface area contributed by atoms with E-state index in [4.69, 9.17) is 9.47 Å². The average Bonchev–Trinajstić information content (AvgIpc) is 3.38. The summed E-state index contributed by atoms with van der Waals surface area (Å²) in [4.78, 5) is 13.7. The molecule has 1 aromatic heterocycles. The van der Waals surface area contributed by atoms with Crippen LogP contribution in [-0.4, -0.2) is 58.6 Å². The highest BCUT2D eigenvalue weighted by Crippen LogP contribution is 2.38. The van der Waals surface area contributed by atoms with E-state index in [9.17, 15) is 18.5 Å². The summed E-state index contributed by atoms with van der Waals surface area (Å²) in [7, 11) is -2.35. The van der Waals surface area contributed by atoms with Crippen LogP contribution in [-0.2, 0) is 32.4 Å². The van der Waals surface area contributed by atoms with Gasteiger partial charge in [0.1, 0.15) is 21.7 Å². The van der Waals surface area contributed by atoms with E-state index in [1.807, 2.05) is 0 Å². The highest BCUT2D eigenvalue weighted by molar-refractivity contribution is 7.89. The summed E-state index contributed by atoms with van der Waals surface area (Å²) in [5.41, 5.74) is 2.08. The Balaban J connectivity index is 1.46. The lowest BCUT2D eigenvalue weighted by atomic mass is 10.1. The zero-order chi connectivity index (χ0) is 22.7. The van der Waals surface area contributed by atoms with Crippen LogP contribution < -0.4 is 15.4 Å². The number of hydrogen-bond donors (Lipinski definition) is 2. The van der Waals surface area contributed by atoms with E-state index >= 15 is 0 Å².